The van der Waals surface area contributed by atoms with Crippen molar-refractivity contribution in [3.05, 3.63) is 52.7 Å². The standard InChI is InChI=1S/C25H27N5O2S/c1-14-21-17(12-18(15-10-11-15)26-22(21)30(29-14)25(2,3)4)23(31)28-24-27-19(13-33-24)16-8-6-7-9-20(16)32-5/h6-9,12-13,15H,10-11H2,1-5H3,(H,27,28,31). The molecule has 3 aromatic heterocycles. The van der Waals surface area contributed by atoms with E-state index in [1.807, 2.05) is 47.3 Å². The minimum absolute atomic E-state index is 0.193. The Morgan fingerprint density at radius 2 is 1.97 bits per heavy atom. The third kappa shape index (κ3) is 3.99. The van der Waals surface area contributed by atoms with Crippen LogP contribution in [0.15, 0.2) is 35.7 Å². The van der Waals surface area contributed by atoms with Gasteiger partial charge in [0.2, 0.25) is 0 Å². The van der Waals surface area contributed by atoms with Gasteiger partial charge in [-0.3, -0.25) is 10.1 Å². The lowest BCUT2D eigenvalue weighted by molar-refractivity contribution is 0.102. The summed E-state index contributed by atoms with van der Waals surface area (Å²) in [6.45, 7) is 8.22. The smallest absolute Gasteiger partial charge is 0.258 e. The van der Waals surface area contributed by atoms with Crippen LogP contribution in [-0.4, -0.2) is 32.8 Å². The number of hydrogen-bond acceptors (Lipinski definition) is 6. The fourth-order valence-corrected chi connectivity index (χ4v) is 4.72. The third-order valence-corrected chi connectivity index (χ3v) is 6.57. The number of aryl methyl sites for hydroxylation is 1. The summed E-state index contributed by atoms with van der Waals surface area (Å²) in [6, 6.07) is 9.65. The highest BCUT2D eigenvalue weighted by Crippen LogP contribution is 2.41. The van der Waals surface area contributed by atoms with E-state index in [-0.39, 0.29) is 11.4 Å². The molecule has 3 heterocycles. The summed E-state index contributed by atoms with van der Waals surface area (Å²) < 4.78 is 7.39. The molecular formula is C25H27N5O2S. The van der Waals surface area contributed by atoms with Gasteiger partial charge in [0.25, 0.3) is 5.91 Å². The molecule has 1 saturated carbocycles. The number of carbonyl (C=O) groups is 1. The predicted molar refractivity (Wildman–Crippen MR) is 131 cm³/mol. The highest BCUT2D eigenvalue weighted by Gasteiger charge is 2.30. The Kier molecular flexibility index (Phi) is 5.20. The van der Waals surface area contributed by atoms with Crippen molar-refractivity contribution in [2.45, 2.75) is 52.0 Å². The molecule has 0 unspecified atom stereocenters. The van der Waals surface area contributed by atoms with E-state index in [1.165, 1.54) is 11.3 Å². The Hall–Kier alpha value is -3.26. The number of ether oxygens (including phenoxy) is 1. The first-order valence-corrected chi connectivity index (χ1v) is 11.9. The van der Waals surface area contributed by atoms with E-state index in [2.05, 4.69) is 31.1 Å². The number of aromatic nitrogens is 4. The molecule has 8 heteroatoms. The zero-order chi connectivity index (χ0) is 23.3. The lowest BCUT2D eigenvalue weighted by Crippen LogP contribution is -2.23. The molecule has 170 valence electrons. The van der Waals surface area contributed by atoms with Gasteiger partial charge in [-0.2, -0.15) is 5.10 Å². The summed E-state index contributed by atoms with van der Waals surface area (Å²) in [5, 5.41) is 11.0. The monoisotopic (exact) mass is 461 g/mol. The molecule has 1 aliphatic rings. The molecule has 0 atom stereocenters. The molecular weight excluding hydrogens is 434 g/mol. The number of methoxy groups -OCH3 is 1. The average molecular weight is 462 g/mol. The van der Waals surface area contributed by atoms with Crippen molar-refractivity contribution in [2.75, 3.05) is 12.4 Å². The lowest BCUT2D eigenvalue weighted by Gasteiger charge is -2.20. The fourth-order valence-electron chi connectivity index (χ4n) is 4.02. The number of carbonyl (C=O) groups excluding carboxylic acids is 1. The number of amides is 1. The quantitative estimate of drug-likeness (QED) is 0.409. The van der Waals surface area contributed by atoms with Crippen molar-refractivity contribution in [1.82, 2.24) is 19.7 Å². The maximum Gasteiger partial charge on any atom is 0.258 e. The number of nitrogens with zero attached hydrogens (tertiary/aromatic N) is 4. The molecule has 0 spiro atoms. The Morgan fingerprint density at radius 1 is 1.21 bits per heavy atom. The number of hydrogen-bond donors (Lipinski definition) is 1. The summed E-state index contributed by atoms with van der Waals surface area (Å²) >= 11 is 1.39. The SMILES string of the molecule is COc1ccccc1-c1csc(NC(=O)c2cc(C3CC3)nc3c2c(C)nn3C(C)(C)C)n1. The summed E-state index contributed by atoms with van der Waals surface area (Å²) in [5.41, 5.74) is 4.55. The highest BCUT2D eigenvalue weighted by molar-refractivity contribution is 7.14. The van der Waals surface area contributed by atoms with E-state index < -0.39 is 0 Å². The van der Waals surface area contributed by atoms with Crippen LogP contribution in [0.5, 0.6) is 5.75 Å². The van der Waals surface area contributed by atoms with E-state index in [4.69, 9.17) is 14.8 Å². The van der Waals surface area contributed by atoms with Crippen LogP contribution >= 0.6 is 11.3 Å². The summed E-state index contributed by atoms with van der Waals surface area (Å²) in [7, 11) is 1.64. The number of fused-ring (bicyclic) bond motifs is 1. The summed E-state index contributed by atoms with van der Waals surface area (Å²) in [5.74, 6) is 0.971. The lowest BCUT2D eigenvalue weighted by atomic mass is 10.1. The van der Waals surface area contributed by atoms with E-state index >= 15 is 0 Å². The van der Waals surface area contributed by atoms with Crippen molar-refractivity contribution in [3.63, 3.8) is 0 Å². The Balaban J connectivity index is 1.53. The second-order valence-electron chi connectivity index (χ2n) is 9.43. The molecule has 1 fully saturated rings. The molecule has 1 N–H and O–H groups in total. The van der Waals surface area contributed by atoms with Gasteiger partial charge in [0.15, 0.2) is 10.8 Å². The van der Waals surface area contributed by atoms with Gasteiger partial charge in [0, 0.05) is 22.6 Å². The van der Waals surface area contributed by atoms with Gasteiger partial charge < -0.3 is 4.74 Å². The second-order valence-corrected chi connectivity index (χ2v) is 10.3. The van der Waals surface area contributed by atoms with Crippen molar-refractivity contribution in [2.24, 2.45) is 0 Å². The van der Waals surface area contributed by atoms with Crippen LogP contribution in [0.1, 0.15) is 61.3 Å². The minimum atomic E-state index is -0.242. The first kappa shape index (κ1) is 21.6. The molecule has 4 aromatic rings. The van der Waals surface area contributed by atoms with Gasteiger partial charge in [0.1, 0.15) is 5.75 Å². The Labute approximate surface area is 196 Å². The topological polar surface area (TPSA) is 81.9 Å². The van der Waals surface area contributed by atoms with Crippen molar-refractivity contribution in [1.29, 1.82) is 0 Å². The van der Waals surface area contributed by atoms with E-state index in [0.717, 1.165) is 52.3 Å². The Morgan fingerprint density at radius 3 is 2.67 bits per heavy atom. The molecule has 0 radical (unpaired) electrons. The normalized spacial score (nSPS) is 14.0. The predicted octanol–water partition coefficient (Wildman–Crippen LogP) is 5.76. The fraction of sp³-hybridized carbons (Fsp3) is 0.360. The molecule has 1 aromatic carbocycles. The van der Waals surface area contributed by atoms with Crippen molar-refractivity contribution >= 4 is 33.4 Å². The van der Waals surface area contributed by atoms with Gasteiger partial charge in [-0.25, -0.2) is 14.6 Å². The number of benzene rings is 1. The average Bonchev–Trinajstić information content (AvgIpc) is 3.45. The summed E-state index contributed by atoms with van der Waals surface area (Å²) in [4.78, 5) is 23.0. The van der Waals surface area contributed by atoms with Crippen LogP contribution in [0.2, 0.25) is 0 Å². The number of anilines is 1. The molecule has 7 nitrogen and oxygen atoms in total. The number of nitrogens with one attached hydrogen (secondary N) is 1. The van der Waals surface area contributed by atoms with Gasteiger partial charge in [0.05, 0.1) is 35.0 Å². The van der Waals surface area contributed by atoms with Crippen LogP contribution in [-0.2, 0) is 5.54 Å². The van der Waals surface area contributed by atoms with E-state index in [0.29, 0.717) is 16.6 Å². The zero-order valence-electron chi connectivity index (χ0n) is 19.5. The first-order chi connectivity index (χ1) is 15.8. The van der Waals surface area contributed by atoms with E-state index in [1.54, 1.807) is 7.11 Å². The van der Waals surface area contributed by atoms with Gasteiger partial charge in [-0.05, 0) is 58.7 Å². The van der Waals surface area contributed by atoms with Crippen LogP contribution in [0, 0.1) is 6.92 Å². The van der Waals surface area contributed by atoms with Crippen LogP contribution in [0.25, 0.3) is 22.3 Å². The number of thiazole rings is 1. The molecule has 0 bridgehead atoms. The van der Waals surface area contributed by atoms with Crippen molar-refractivity contribution < 1.29 is 9.53 Å². The maximum absolute atomic E-state index is 13.5. The van der Waals surface area contributed by atoms with Gasteiger partial charge >= 0.3 is 0 Å². The third-order valence-electron chi connectivity index (χ3n) is 5.82. The Bertz CT molecular complexity index is 1360. The molecule has 0 aliphatic heterocycles. The molecule has 5 rings (SSSR count). The number of para-hydroxylation sites is 1. The zero-order valence-corrected chi connectivity index (χ0v) is 20.3. The van der Waals surface area contributed by atoms with Gasteiger partial charge in [-0.1, -0.05) is 12.1 Å². The van der Waals surface area contributed by atoms with Crippen LogP contribution < -0.4 is 10.1 Å². The highest BCUT2D eigenvalue weighted by atomic mass is 32.1. The van der Waals surface area contributed by atoms with Gasteiger partial charge in [-0.15, -0.1) is 11.3 Å². The largest absolute Gasteiger partial charge is 0.496 e. The molecule has 33 heavy (non-hydrogen) atoms. The molecule has 0 saturated heterocycles. The summed E-state index contributed by atoms with van der Waals surface area (Å²) in [6.07, 6.45) is 2.22. The molecule has 1 aliphatic carbocycles. The maximum atomic E-state index is 13.5. The number of rotatable bonds is 5. The first-order valence-electron chi connectivity index (χ1n) is 11.1. The molecule has 1 amide bonds. The van der Waals surface area contributed by atoms with E-state index in [9.17, 15) is 4.79 Å². The number of pyridine rings is 1. The second kappa shape index (κ2) is 7.95. The van der Waals surface area contributed by atoms with Crippen LogP contribution in [0.4, 0.5) is 5.13 Å². The minimum Gasteiger partial charge on any atom is -0.496 e. The van der Waals surface area contributed by atoms with Crippen molar-refractivity contribution in [3.8, 4) is 17.0 Å². The van der Waals surface area contributed by atoms with Crippen LogP contribution in [0.3, 0.4) is 0 Å².